The van der Waals surface area contributed by atoms with Crippen molar-refractivity contribution in [2.24, 2.45) is 0 Å². The van der Waals surface area contributed by atoms with Crippen molar-refractivity contribution in [2.45, 2.75) is 17.7 Å². The molecule has 0 radical (unpaired) electrons. The van der Waals surface area contributed by atoms with E-state index in [0.717, 1.165) is 32.9 Å². The van der Waals surface area contributed by atoms with Crippen molar-refractivity contribution in [3.63, 3.8) is 0 Å². The molecule has 5 rings (SSSR count). The number of para-hydroxylation sites is 1. The van der Waals surface area contributed by atoms with Crippen LogP contribution in [0.4, 0.5) is 11.4 Å². The number of carbonyl (C=O) groups is 1. The van der Waals surface area contributed by atoms with Gasteiger partial charge in [0.1, 0.15) is 5.01 Å². The van der Waals surface area contributed by atoms with Crippen LogP contribution in [-0.2, 0) is 14.8 Å². The largest absolute Gasteiger partial charge is 0.312 e. The third-order valence-corrected chi connectivity index (χ3v) is 7.67. The van der Waals surface area contributed by atoms with Crippen LogP contribution in [0.2, 0.25) is 0 Å². The lowest BCUT2D eigenvalue weighted by Gasteiger charge is -2.16. The number of thiazole rings is 1. The van der Waals surface area contributed by atoms with Crippen LogP contribution in [0.5, 0.6) is 0 Å². The van der Waals surface area contributed by atoms with Gasteiger partial charge in [-0.15, -0.1) is 11.3 Å². The minimum atomic E-state index is -3.76. The quantitative estimate of drug-likeness (QED) is 0.470. The maximum atomic E-state index is 12.9. The Labute approximate surface area is 184 Å². The monoisotopic (exact) mass is 449 g/mol. The number of hydrogen-bond acceptors (Lipinski definition) is 5. The fraction of sp³-hybridized carbons (Fsp3) is 0.130. The minimum Gasteiger partial charge on any atom is -0.312 e. The summed E-state index contributed by atoms with van der Waals surface area (Å²) in [5, 5.41) is 0.835. The molecule has 1 N–H and O–H groups in total. The molecular formula is C23H19N3O3S2. The molecular weight excluding hydrogens is 430 g/mol. The second-order valence-electron chi connectivity index (χ2n) is 7.32. The van der Waals surface area contributed by atoms with E-state index in [1.807, 2.05) is 30.3 Å². The van der Waals surface area contributed by atoms with Gasteiger partial charge in [-0.05, 0) is 55.0 Å². The number of amides is 1. The summed E-state index contributed by atoms with van der Waals surface area (Å²) in [5.74, 6) is 0.0698. The second-order valence-corrected chi connectivity index (χ2v) is 10.0. The minimum absolute atomic E-state index is 0.0698. The van der Waals surface area contributed by atoms with Gasteiger partial charge in [-0.2, -0.15) is 0 Å². The van der Waals surface area contributed by atoms with Crippen LogP contribution < -0.4 is 9.62 Å². The molecule has 0 aliphatic carbocycles. The van der Waals surface area contributed by atoms with Gasteiger partial charge in [-0.3, -0.25) is 9.52 Å². The zero-order chi connectivity index (χ0) is 21.4. The molecule has 1 amide bonds. The Morgan fingerprint density at radius 2 is 1.77 bits per heavy atom. The van der Waals surface area contributed by atoms with Crippen molar-refractivity contribution in [3.8, 4) is 10.6 Å². The predicted octanol–water partition coefficient (Wildman–Crippen LogP) is 4.89. The number of carbonyl (C=O) groups excluding carboxylic acids is 1. The average molecular weight is 450 g/mol. The number of anilines is 2. The lowest BCUT2D eigenvalue weighted by Crippen LogP contribution is -2.23. The smallest absolute Gasteiger partial charge is 0.261 e. The van der Waals surface area contributed by atoms with E-state index < -0.39 is 10.0 Å². The van der Waals surface area contributed by atoms with Crippen LogP contribution >= 0.6 is 11.3 Å². The third-order valence-electron chi connectivity index (χ3n) is 5.19. The average Bonchev–Trinajstić information content (AvgIpc) is 3.40. The fourth-order valence-corrected chi connectivity index (χ4v) is 5.66. The van der Waals surface area contributed by atoms with Crippen LogP contribution in [0, 0.1) is 0 Å². The van der Waals surface area contributed by atoms with Gasteiger partial charge in [0.15, 0.2) is 0 Å². The van der Waals surface area contributed by atoms with Gasteiger partial charge in [0, 0.05) is 29.9 Å². The summed E-state index contributed by atoms with van der Waals surface area (Å²) in [5.41, 5.74) is 2.96. The fourth-order valence-electron chi connectivity index (χ4n) is 3.65. The van der Waals surface area contributed by atoms with Gasteiger partial charge in [0.25, 0.3) is 10.0 Å². The highest BCUT2D eigenvalue weighted by Crippen LogP contribution is 2.32. The second kappa shape index (κ2) is 7.79. The number of hydrogen-bond donors (Lipinski definition) is 1. The summed E-state index contributed by atoms with van der Waals surface area (Å²) in [4.78, 5) is 18.4. The molecule has 1 aromatic heterocycles. The number of sulfonamides is 1. The topological polar surface area (TPSA) is 79.4 Å². The summed E-state index contributed by atoms with van der Waals surface area (Å²) in [7, 11) is -3.76. The summed E-state index contributed by atoms with van der Waals surface area (Å²) in [6.07, 6.45) is 1.36. The first-order valence-corrected chi connectivity index (χ1v) is 12.2. The standard InChI is InChI=1S/C23H19N3O3S2/c27-22-9-4-14-26(22)18-10-12-19(13-11-18)31(28,29)25-17-6-3-5-16(15-17)23-24-20-7-1-2-8-21(20)30-23/h1-3,5-8,10-13,15,25H,4,9,14H2. The number of aromatic nitrogens is 1. The van der Waals surface area contributed by atoms with Crippen molar-refractivity contribution >= 4 is 48.9 Å². The summed E-state index contributed by atoms with van der Waals surface area (Å²) < 4.78 is 29.5. The molecule has 1 aliphatic rings. The number of nitrogens with zero attached hydrogens (tertiary/aromatic N) is 2. The van der Waals surface area contributed by atoms with E-state index in [4.69, 9.17) is 0 Å². The maximum absolute atomic E-state index is 12.9. The Balaban J connectivity index is 1.39. The van der Waals surface area contributed by atoms with Gasteiger partial charge in [-0.25, -0.2) is 13.4 Å². The van der Waals surface area contributed by atoms with Crippen LogP contribution in [0.3, 0.4) is 0 Å². The highest BCUT2D eigenvalue weighted by molar-refractivity contribution is 7.92. The van der Waals surface area contributed by atoms with E-state index in [-0.39, 0.29) is 10.8 Å². The summed E-state index contributed by atoms with van der Waals surface area (Å²) in [6, 6.07) is 21.5. The molecule has 3 aromatic carbocycles. The highest BCUT2D eigenvalue weighted by atomic mass is 32.2. The van der Waals surface area contributed by atoms with E-state index in [1.165, 1.54) is 12.1 Å². The van der Waals surface area contributed by atoms with Gasteiger partial charge in [0.2, 0.25) is 5.91 Å². The molecule has 0 unspecified atom stereocenters. The van der Waals surface area contributed by atoms with Crippen LogP contribution in [0.15, 0.2) is 77.7 Å². The van der Waals surface area contributed by atoms with E-state index >= 15 is 0 Å². The molecule has 1 aliphatic heterocycles. The third kappa shape index (κ3) is 3.92. The molecule has 156 valence electrons. The lowest BCUT2D eigenvalue weighted by atomic mass is 10.2. The molecule has 4 aromatic rings. The van der Waals surface area contributed by atoms with Crippen molar-refractivity contribution in [2.75, 3.05) is 16.2 Å². The van der Waals surface area contributed by atoms with Crippen molar-refractivity contribution in [3.05, 3.63) is 72.8 Å². The Kier molecular flexibility index (Phi) is 4.95. The van der Waals surface area contributed by atoms with Gasteiger partial charge in [0.05, 0.1) is 15.1 Å². The molecule has 6 nitrogen and oxygen atoms in total. The molecule has 0 atom stereocenters. The Bertz CT molecular complexity index is 1350. The van der Waals surface area contributed by atoms with Crippen molar-refractivity contribution in [1.29, 1.82) is 0 Å². The van der Waals surface area contributed by atoms with Gasteiger partial charge >= 0.3 is 0 Å². The van der Waals surface area contributed by atoms with Crippen LogP contribution in [0.1, 0.15) is 12.8 Å². The molecule has 0 bridgehead atoms. The SMILES string of the molecule is O=C1CCCN1c1ccc(S(=O)(=O)Nc2cccc(-c3nc4ccccc4s3)c2)cc1. The van der Waals surface area contributed by atoms with Crippen LogP contribution in [-0.4, -0.2) is 25.9 Å². The molecule has 1 saturated heterocycles. The highest BCUT2D eigenvalue weighted by Gasteiger charge is 2.22. The Morgan fingerprint density at radius 1 is 0.968 bits per heavy atom. The van der Waals surface area contributed by atoms with E-state index in [9.17, 15) is 13.2 Å². The summed E-state index contributed by atoms with van der Waals surface area (Å²) >= 11 is 1.57. The maximum Gasteiger partial charge on any atom is 0.261 e. The van der Waals surface area contributed by atoms with Crippen molar-refractivity contribution in [1.82, 2.24) is 4.98 Å². The first kappa shape index (κ1) is 19.7. The molecule has 31 heavy (non-hydrogen) atoms. The zero-order valence-corrected chi connectivity index (χ0v) is 18.1. The normalized spacial score (nSPS) is 14.3. The number of fused-ring (bicyclic) bond motifs is 1. The van der Waals surface area contributed by atoms with Crippen LogP contribution in [0.25, 0.3) is 20.8 Å². The molecule has 0 saturated carbocycles. The first-order chi connectivity index (χ1) is 15.0. The number of rotatable bonds is 5. The Hall–Kier alpha value is -3.23. The van der Waals surface area contributed by atoms with E-state index in [2.05, 4.69) is 9.71 Å². The number of benzene rings is 3. The van der Waals surface area contributed by atoms with E-state index in [1.54, 1.807) is 46.6 Å². The molecule has 0 spiro atoms. The van der Waals surface area contributed by atoms with E-state index in [0.29, 0.717) is 18.7 Å². The zero-order valence-electron chi connectivity index (χ0n) is 16.5. The predicted molar refractivity (Wildman–Crippen MR) is 124 cm³/mol. The van der Waals surface area contributed by atoms with Gasteiger partial charge < -0.3 is 4.90 Å². The lowest BCUT2D eigenvalue weighted by molar-refractivity contribution is -0.117. The first-order valence-electron chi connectivity index (χ1n) is 9.89. The Morgan fingerprint density at radius 3 is 2.52 bits per heavy atom. The molecule has 1 fully saturated rings. The summed E-state index contributed by atoms with van der Waals surface area (Å²) in [6.45, 7) is 0.668. The number of nitrogens with one attached hydrogen (secondary N) is 1. The molecule has 8 heteroatoms. The van der Waals surface area contributed by atoms with Crippen molar-refractivity contribution < 1.29 is 13.2 Å². The molecule has 2 heterocycles. The van der Waals surface area contributed by atoms with Gasteiger partial charge in [-0.1, -0.05) is 24.3 Å².